The molecule has 4 heteroatoms. The highest BCUT2D eigenvalue weighted by Gasteiger charge is 2.01. The number of thioether (sulfide) groups is 1. The van der Waals surface area contributed by atoms with E-state index in [1.165, 1.54) is 12.1 Å². The van der Waals surface area contributed by atoms with E-state index in [1.807, 2.05) is 19.9 Å². The van der Waals surface area contributed by atoms with E-state index in [4.69, 9.17) is 0 Å². The van der Waals surface area contributed by atoms with Gasteiger partial charge >= 0.3 is 0 Å². The van der Waals surface area contributed by atoms with E-state index in [0.717, 1.165) is 27.9 Å². The van der Waals surface area contributed by atoms with Gasteiger partial charge in [-0.3, -0.25) is 0 Å². The first-order valence-electron chi connectivity index (χ1n) is 5.33. The molecule has 1 heterocycles. The molecular weight excluding hydrogens is 235 g/mol. The van der Waals surface area contributed by atoms with Gasteiger partial charge in [0, 0.05) is 17.1 Å². The maximum Gasteiger partial charge on any atom is 0.188 e. The fourth-order valence-electron chi connectivity index (χ4n) is 1.49. The Morgan fingerprint density at radius 3 is 2.24 bits per heavy atom. The van der Waals surface area contributed by atoms with Crippen LogP contribution in [-0.2, 0) is 5.75 Å². The third-order valence-corrected chi connectivity index (χ3v) is 3.16. The number of halogens is 1. The summed E-state index contributed by atoms with van der Waals surface area (Å²) in [4.78, 5) is 8.69. The Kier molecular flexibility index (Phi) is 3.74. The van der Waals surface area contributed by atoms with Gasteiger partial charge in [-0.2, -0.15) is 0 Å². The maximum absolute atomic E-state index is 12.7. The topological polar surface area (TPSA) is 25.8 Å². The highest BCUT2D eigenvalue weighted by molar-refractivity contribution is 7.98. The zero-order chi connectivity index (χ0) is 12.3. The minimum absolute atomic E-state index is 0.207. The number of benzene rings is 1. The van der Waals surface area contributed by atoms with E-state index in [2.05, 4.69) is 9.97 Å². The molecule has 0 aliphatic rings. The number of rotatable bonds is 3. The van der Waals surface area contributed by atoms with Crippen molar-refractivity contribution in [2.45, 2.75) is 24.8 Å². The summed E-state index contributed by atoms with van der Waals surface area (Å²) in [5.41, 5.74) is 3.01. The largest absolute Gasteiger partial charge is 0.228 e. The molecular formula is C13H13FN2S. The number of hydrogen-bond donors (Lipinski definition) is 0. The Morgan fingerprint density at radius 1 is 1.06 bits per heavy atom. The van der Waals surface area contributed by atoms with Crippen molar-refractivity contribution in [3.63, 3.8) is 0 Å². The van der Waals surface area contributed by atoms with Crippen molar-refractivity contribution in [3.8, 4) is 0 Å². The van der Waals surface area contributed by atoms with E-state index in [1.54, 1.807) is 23.9 Å². The van der Waals surface area contributed by atoms with Crippen LogP contribution in [0.25, 0.3) is 0 Å². The van der Waals surface area contributed by atoms with Crippen molar-refractivity contribution in [1.29, 1.82) is 0 Å². The molecule has 0 aliphatic carbocycles. The summed E-state index contributed by atoms with van der Waals surface area (Å²) in [6.07, 6.45) is 0. The lowest BCUT2D eigenvalue weighted by molar-refractivity contribution is 0.627. The second kappa shape index (κ2) is 5.27. The van der Waals surface area contributed by atoms with Crippen molar-refractivity contribution in [1.82, 2.24) is 9.97 Å². The van der Waals surface area contributed by atoms with Gasteiger partial charge in [-0.1, -0.05) is 23.9 Å². The summed E-state index contributed by atoms with van der Waals surface area (Å²) in [5.74, 6) is 0.546. The summed E-state index contributed by atoms with van der Waals surface area (Å²) < 4.78 is 12.7. The Labute approximate surface area is 104 Å². The predicted molar refractivity (Wildman–Crippen MR) is 67.5 cm³/mol. The average molecular weight is 248 g/mol. The van der Waals surface area contributed by atoms with Gasteiger partial charge in [-0.05, 0) is 37.6 Å². The Morgan fingerprint density at radius 2 is 1.65 bits per heavy atom. The Balaban J connectivity index is 2.04. The van der Waals surface area contributed by atoms with Crippen molar-refractivity contribution in [3.05, 3.63) is 53.1 Å². The first kappa shape index (κ1) is 12.0. The van der Waals surface area contributed by atoms with Crippen LogP contribution in [0, 0.1) is 19.7 Å². The highest BCUT2D eigenvalue weighted by atomic mass is 32.2. The van der Waals surface area contributed by atoms with Crippen LogP contribution in [-0.4, -0.2) is 9.97 Å². The number of aryl methyl sites for hydroxylation is 2. The van der Waals surface area contributed by atoms with Crippen molar-refractivity contribution in [2.24, 2.45) is 0 Å². The first-order chi connectivity index (χ1) is 8.13. The third kappa shape index (κ3) is 3.53. The van der Waals surface area contributed by atoms with Crippen LogP contribution in [0.15, 0.2) is 35.5 Å². The smallest absolute Gasteiger partial charge is 0.188 e. The van der Waals surface area contributed by atoms with E-state index in [9.17, 15) is 4.39 Å². The molecule has 0 fully saturated rings. The molecule has 0 bridgehead atoms. The molecule has 0 saturated carbocycles. The molecule has 0 spiro atoms. The Hall–Kier alpha value is -1.42. The van der Waals surface area contributed by atoms with Gasteiger partial charge < -0.3 is 0 Å². The second-order valence-corrected chi connectivity index (χ2v) is 4.79. The maximum atomic E-state index is 12.7. The minimum atomic E-state index is -0.207. The highest BCUT2D eigenvalue weighted by Crippen LogP contribution is 2.19. The SMILES string of the molecule is Cc1cc(C)nc(SCc2ccc(F)cc2)n1. The minimum Gasteiger partial charge on any atom is -0.228 e. The Bertz CT molecular complexity index is 491. The van der Waals surface area contributed by atoms with Gasteiger partial charge in [0.1, 0.15) is 5.82 Å². The normalized spacial score (nSPS) is 10.5. The zero-order valence-electron chi connectivity index (χ0n) is 9.77. The molecule has 2 rings (SSSR count). The van der Waals surface area contributed by atoms with Crippen molar-refractivity contribution < 1.29 is 4.39 Å². The second-order valence-electron chi connectivity index (χ2n) is 3.85. The molecule has 0 aliphatic heterocycles. The van der Waals surface area contributed by atoms with E-state index >= 15 is 0 Å². The average Bonchev–Trinajstić information content (AvgIpc) is 2.27. The fraction of sp³-hybridized carbons (Fsp3) is 0.231. The first-order valence-corrected chi connectivity index (χ1v) is 6.31. The van der Waals surface area contributed by atoms with Crippen LogP contribution in [0.3, 0.4) is 0 Å². The van der Waals surface area contributed by atoms with Crippen molar-refractivity contribution >= 4 is 11.8 Å². The summed E-state index contributed by atoms with van der Waals surface area (Å²) in [6, 6.07) is 8.45. The van der Waals surface area contributed by atoms with Crippen LogP contribution in [0.1, 0.15) is 17.0 Å². The fourth-order valence-corrected chi connectivity index (χ4v) is 2.39. The molecule has 1 aromatic carbocycles. The molecule has 0 unspecified atom stereocenters. The number of aromatic nitrogens is 2. The van der Waals surface area contributed by atoms with E-state index < -0.39 is 0 Å². The van der Waals surface area contributed by atoms with Gasteiger partial charge in [-0.25, -0.2) is 14.4 Å². The standard InChI is InChI=1S/C13H13FN2S/c1-9-7-10(2)16-13(15-9)17-8-11-3-5-12(14)6-4-11/h3-7H,8H2,1-2H3. The van der Waals surface area contributed by atoms with E-state index in [-0.39, 0.29) is 5.82 Å². The molecule has 2 nitrogen and oxygen atoms in total. The van der Waals surface area contributed by atoms with Gasteiger partial charge in [-0.15, -0.1) is 0 Å². The van der Waals surface area contributed by atoms with Gasteiger partial charge in [0.15, 0.2) is 5.16 Å². The van der Waals surface area contributed by atoms with Crippen LogP contribution >= 0.6 is 11.8 Å². The summed E-state index contributed by atoms with van der Waals surface area (Å²) in [7, 11) is 0. The molecule has 1 aromatic heterocycles. The molecule has 0 radical (unpaired) electrons. The monoisotopic (exact) mass is 248 g/mol. The summed E-state index contributed by atoms with van der Waals surface area (Å²) in [6.45, 7) is 3.91. The van der Waals surface area contributed by atoms with E-state index in [0.29, 0.717) is 0 Å². The van der Waals surface area contributed by atoms with Crippen LogP contribution in [0.2, 0.25) is 0 Å². The van der Waals surface area contributed by atoms with Crippen LogP contribution in [0.5, 0.6) is 0 Å². The molecule has 0 N–H and O–H groups in total. The third-order valence-electron chi connectivity index (χ3n) is 2.24. The quantitative estimate of drug-likeness (QED) is 0.614. The molecule has 2 aromatic rings. The van der Waals surface area contributed by atoms with Crippen LogP contribution in [0.4, 0.5) is 4.39 Å². The zero-order valence-corrected chi connectivity index (χ0v) is 10.6. The number of hydrogen-bond acceptors (Lipinski definition) is 3. The molecule has 17 heavy (non-hydrogen) atoms. The molecule has 0 atom stereocenters. The molecule has 0 saturated heterocycles. The lowest BCUT2D eigenvalue weighted by Crippen LogP contribution is -1.93. The lowest BCUT2D eigenvalue weighted by Gasteiger charge is -2.03. The summed E-state index contributed by atoms with van der Waals surface area (Å²) in [5, 5.41) is 0.770. The lowest BCUT2D eigenvalue weighted by atomic mass is 10.2. The van der Waals surface area contributed by atoms with Crippen molar-refractivity contribution in [2.75, 3.05) is 0 Å². The predicted octanol–water partition coefficient (Wildman–Crippen LogP) is 3.52. The van der Waals surface area contributed by atoms with Gasteiger partial charge in [0.05, 0.1) is 0 Å². The summed E-state index contributed by atoms with van der Waals surface area (Å²) >= 11 is 1.56. The number of nitrogens with zero attached hydrogens (tertiary/aromatic N) is 2. The van der Waals surface area contributed by atoms with Gasteiger partial charge in [0.25, 0.3) is 0 Å². The molecule has 88 valence electrons. The molecule has 0 amide bonds. The van der Waals surface area contributed by atoms with Crippen LogP contribution < -0.4 is 0 Å². The van der Waals surface area contributed by atoms with Gasteiger partial charge in [0.2, 0.25) is 0 Å².